The van der Waals surface area contributed by atoms with Gasteiger partial charge in [0.1, 0.15) is 5.69 Å². The number of thiazole rings is 1. The van der Waals surface area contributed by atoms with E-state index in [9.17, 15) is 4.79 Å². The zero-order valence-electron chi connectivity index (χ0n) is 10.0. The topological polar surface area (TPSA) is 57.8 Å². The summed E-state index contributed by atoms with van der Waals surface area (Å²) < 4.78 is 0. The van der Waals surface area contributed by atoms with Gasteiger partial charge in [0.05, 0.1) is 10.5 Å². The van der Waals surface area contributed by atoms with Crippen LogP contribution in [0.2, 0.25) is 5.02 Å². The van der Waals surface area contributed by atoms with Crippen molar-refractivity contribution >= 4 is 44.9 Å². The summed E-state index contributed by atoms with van der Waals surface area (Å²) in [5.74, 6) is -0.221. The number of H-pyrrole nitrogens is 1. The summed E-state index contributed by atoms with van der Waals surface area (Å²) in [6.07, 6.45) is 1.72. The molecule has 0 saturated heterocycles. The zero-order chi connectivity index (χ0) is 13.4. The minimum absolute atomic E-state index is 0.221. The van der Waals surface area contributed by atoms with Crippen molar-refractivity contribution in [2.24, 2.45) is 0 Å². The average Bonchev–Trinajstić information content (AvgIpc) is 2.96. The molecule has 6 heteroatoms. The van der Waals surface area contributed by atoms with E-state index in [1.54, 1.807) is 18.3 Å². The van der Waals surface area contributed by atoms with Gasteiger partial charge in [-0.25, -0.2) is 4.98 Å². The van der Waals surface area contributed by atoms with Crippen molar-refractivity contribution in [3.8, 4) is 0 Å². The van der Waals surface area contributed by atoms with Crippen molar-refractivity contribution in [3.63, 3.8) is 0 Å². The lowest BCUT2D eigenvalue weighted by Crippen LogP contribution is -2.11. The Hall–Kier alpha value is -1.85. The van der Waals surface area contributed by atoms with Gasteiger partial charge in [0.25, 0.3) is 5.91 Å². The van der Waals surface area contributed by atoms with Gasteiger partial charge in [0.15, 0.2) is 5.13 Å². The summed E-state index contributed by atoms with van der Waals surface area (Å²) >= 11 is 7.50. The second-order valence-corrected chi connectivity index (χ2v) is 5.76. The number of aromatic amines is 1. The minimum atomic E-state index is -0.221. The van der Waals surface area contributed by atoms with Crippen molar-refractivity contribution in [2.75, 3.05) is 5.32 Å². The predicted octanol–water partition coefficient (Wildman–Crippen LogP) is 3.84. The molecular weight excluding hydrogens is 282 g/mol. The Morgan fingerprint density at radius 2 is 2.32 bits per heavy atom. The van der Waals surface area contributed by atoms with E-state index in [-0.39, 0.29) is 5.91 Å². The second kappa shape index (κ2) is 4.68. The van der Waals surface area contributed by atoms with E-state index < -0.39 is 0 Å². The Balaban J connectivity index is 1.91. The molecule has 2 N–H and O–H groups in total. The lowest BCUT2D eigenvalue weighted by molar-refractivity contribution is 0.102. The molecule has 3 aromatic rings. The van der Waals surface area contributed by atoms with E-state index >= 15 is 0 Å². The van der Waals surface area contributed by atoms with Crippen LogP contribution in [-0.4, -0.2) is 15.9 Å². The molecule has 3 rings (SSSR count). The quantitative estimate of drug-likeness (QED) is 0.754. The summed E-state index contributed by atoms with van der Waals surface area (Å²) in [5, 5.41) is 4.85. The number of carbonyl (C=O) groups excluding carboxylic acids is 1. The fourth-order valence-corrected chi connectivity index (χ4v) is 2.71. The van der Waals surface area contributed by atoms with Crippen LogP contribution < -0.4 is 5.32 Å². The van der Waals surface area contributed by atoms with Crippen LogP contribution in [0, 0.1) is 6.92 Å². The van der Waals surface area contributed by atoms with Gasteiger partial charge in [-0.3, -0.25) is 10.1 Å². The van der Waals surface area contributed by atoms with Crippen LogP contribution in [0.1, 0.15) is 15.4 Å². The SMILES string of the molecule is Cc1cnc(NC(=O)c2cc3cccc(Cl)c3[nH]2)s1. The second-order valence-electron chi connectivity index (χ2n) is 4.12. The Bertz CT molecular complexity index is 762. The molecule has 0 spiro atoms. The first-order chi connectivity index (χ1) is 9.13. The highest BCUT2D eigenvalue weighted by Gasteiger charge is 2.12. The number of amides is 1. The van der Waals surface area contributed by atoms with E-state index in [2.05, 4.69) is 15.3 Å². The first-order valence-corrected chi connectivity index (χ1v) is 6.84. The van der Waals surface area contributed by atoms with E-state index in [0.717, 1.165) is 15.8 Å². The molecule has 19 heavy (non-hydrogen) atoms. The molecule has 0 fully saturated rings. The van der Waals surface area contributed by atoms with Crippen LogP contribution in [0.3, 0.4) is 0 Å². The standard InChI is InChI=1S/C13H10ClN3OS/c1-7-6-15-13(19-7)17-12(18)10-5-8-3-2-4-9(14)11(8)16-10/h2-6,16H,1H3,(H,15,17,18). The fourth-order valence-electron chi connectivity index (χ4n) is 1.82. The number of hydrogen-bond acceptors (Lipinski definition) is 3. The third-order valence-corrected chi connectivity index (χ3v) is 3.83. The largest absolute Gasteiger partial charge is 0.349 e. The zero-order valence-corrected chi connectivity index (χ0v) is 11.6. The highest BCUT2D eigenvalue weighted by Crippen LogP contribution is 2.24. The van der Waals surface area contributed by atoms with Gasteiger partial charge >= 0.3 is 0 Å². The first kappa shape index (κ1) is 12.2. The lowest BCUT2D eigenvalue weighted by Gasteiger charge is -1.97. The highest BCUT2D eigenvalue weighted by molar-refractivity contribution is 7.15. The maximum Gasteiger partial charge on any atom is 0.273 e. The third-order valence-electron chi connectivity index (χ3n) is 2.69. The molecule has 0 atom stereocenters. The van der Waals surface area contributed by atoms with E-state index in [4.69, 9.17) is 11.6 Å². The predicted molar refractivity (Wildman–Crippen MR) is 78.1 cm³/mol. The number of carbonyl (C=O) groups is 1. The molecule has 0 bridgehead atoms. The smallest absolute Gasteiger partial charge is 0.273 e. The minimum Gasteiger partial charge on any atom is -0.349 e. The van der Waals surface area contributed by atoms with Crippen LogP contribution in [-0.2, 0) is 0 Å². The molecule has 1 aromatic carbocycles. The first-order valence-electron chi connectivity index (χ1n) is 5.64. The van der Waals surface area contributed by atoms with Crippen molar-refractivity contribution < 1.29 is 4.79 Å². The van der Waals surface area contributed by atoms with Crippen LogP contribution in [0.4, 0.5) is 5.13 Å². The van der Waals surface area contributed by atoms with Crippen LogP contribution in [0.25, 0.3) is 10.9 Å². The average molecular weight is 292 g/mol. The number of rotatable bonds is 2. The summed E-state index contributed by atoms with van der Waals surface area (Å²) in [4.78, 5) is 20.3. The van der Waals surface area contributed by atoms with E-state index in [1.807, 2.05) is 19.1 Å². The van der Waals surface area contributed by atoms with Gasteiger partial charge in [0.2, 0.25) is 0 Å². The maximum absolute atomic E-state index is 12.1. The number of benzene rings is 1. The maximum atomic E-state index is 12.1. The number of aromatic nitrogens is 2. The molecule has 0 unspecified atom stereocenters. The van der Waals surface area contributed by atoms with Gasteiger partial charge in [0, 0.05) is 16.5 Å². The van der Waals surface area contributed by atoms with E-state index in [0.29, 0.717) is 15.8 Å². The number of para-hydroxylation sites is 1. The molecule has 0 aliphatic heterocycles. The number of nitrogens with zero attached hydrogens (tertiary/aromatic N) is 1. The van der Waals surface area contributed by atoms with Gasteiger partial charge in [-0.05, 0) is 19.1 Å². The Morgan fingerprint density at radius 3 is 3.00 bits per heavy atom. The van der Waals surface area contributed by atoms with Crippen molar-refractivity contribution in [2.45, 2.75) is 6.92 Å². The van der Waals surface area contributed by atoms with Gasteiger partial charge in [-0.2, -0.15) is 0 Å². The molecule has 2 aromatic heterocycles. The number of aryl methyl sites for hydroxylation is 1. The van der Waals surface area contributed by atoms with Crippen LogP contribution in [0.15, 0.2) is 30.5 Å². The molecule has 2 heterocycles. The van der Waals surface area contributed by atoms with Crippen LogP contribution in [0.5, 0.6) is 0 Å². The molecule has 0 aliphatic carbocycles. The van der Waals surface area contributed by atoms with E-state index in [1.165, 1.54) is 11.3 Å². The Kier molecular flexibility index (Phi) is 3.00. The Labute approximate surface area is 118 Å². The van der Waals surface area contributed by atoms with Gasteiger partial charge in [-0.15, -0.1) is 11.3 Å². The van der Waals surface area contributed by atoms with Crippen LogP contribution >= 0.6 is 22.9 Å². The summed E-state index contributed by atoms with van der Waals surface area (Å²) in [7, 11) is 0. The van der Waals surface area contributed by atoms with Crippen molar-refractivity contribution in [1.29, 1.82) is 0 Å². The number of hydrogen-bond donors (Lipinski definition) is 2. The van der Waals surface area contributed by atoms with Crippen molar-refractivity contribution in [1.82, 2.24) is 9.97 Å². The molecular formula is C13H10ClN3OS. The molecule has 0 aliphatic rings. The monoisotopic (exact) mass is 291 g/mol. The molecule has 0 saturated carbocycles. The summed E-state index contributed by atoms with van der Waals surface area (Å²) in [6.45, 7) is 1.94. The summed E-state index contributed by atoms with van der Waals surface area (Å²) in [5.41, 5.74) is 1.24. The Morgan fingerprint density at radius 1 is 1.47 bits per heavy atom. The number of nitrogens with one attached hydrogen (secondary N) is 2. The highest BCUT2D eigenvalue weighted by atomic mass is 35.5. The van der Waals surface area contributed by atoms with Gasteiger partial charge in [-0.1, -0.05) is 23.7 Å². The molecule has 0 radical (unpaired) electrons. The van der Waals surface area contributed by atoms with Crippen molar-refractivity contribution in [3.05, 3.63) is 46.1 Å². The number of fused-ring (bicyclic) bond motifs is 1. The van der Waals surface area contributed by atoms with Gasteiger partial charge < -0.3 is 4.98 Å². The normalized spacial score (nSPS) is 10.8. The third kappa shape index (κ3) is 2.34. The number of halogens is 1. The summed E-state index contributed by atoms with van der Waals surface area (Å²) in [6, 6.07) is 7.32. The molecule has 1 amide bonds. The fraction of sp³-hybridized carbons (Fsp3) is 0.0769. The molecule has 96 valence electrons. The molecule has 4 nitrogen and oxygen atoms in total. The number of anilines is 1. The lowest BCUT2D eigenvalue weighted by atomic mass is 10.2.